The van der Waals surface area contributed by atoms with Crippen molar-refractivity contribution in [2.45, 2.75) is 17.9 Å². The molecular formula is C12H11NOS2. The normalized spacial score (nSPS) is 20.2. The van der Waals surface area contributed by atoms with Crippen LogP contribution >= 0.6 is 23.5 Å². The largest absolute Gasteiger partial charge is 0.323 e. The van der Waals surface area contributed by atoms with Gasteiger partial charge in [0.25, 0.3) is 5.91 Å². The third-order valence-corrected chi connectivity index (χ3v) is 5.83. The number of aryl methyl sites for hydroxylation is 2. The fourth-order valence-electron chi connectivity index (χ4n) is 2.03. The van der Waals surface area contributed by atoms with Crippen LogP contribution in [0.1, 0.15) is 16.7 Å². The van der Waals surface area contributed by atoms with Gasteiger partial charge in [-0.25, -0.2) is 0 Å². The van der Waals surface area contributed by atoms with Crippen molar-refractivity contribution >= 4 is 35.1 Å². The summed E-state index contributed by atoms with van der Waals surface area (Å²) >= 11 is 3.18. The molecule has 0 atom stereocenters. The van der Waals surface area contributed by atoms with Crippen LogP contribution in [0.2, 0.25) is 0 Å². The average molecular weight is 249 g/mol. The van der Waals surface area contributed by atoms with E-state index < -0.39 is 4.08 Å². The van der Waals surface area contributed by atoms with E-state index in [9.17, 15) is 4.79 Å². The number of carbonyl (C=O) groups excluding carboxylic acids is 1. The Balaban J connectivity index is 2.21. The number of hydrogen-bond acceptors (Lipinski definition) is 3. The van der Waals surface area contributed by atoms with Gasteiger partial charge >= 0.3 is 0 Å². The van der Waals surface area contributed by atoms with Gasteiger partial charge in [0.2, 0.25) is 0 Å². The molecule has 0 aromatic heterocycles. The minimum atomic E-state index is -0.464. The van der Waals surface area contributed by atoms with Crippen molar-refractivity contribution in [1.29, 1.82) is 0 Å². The summed E-state index contributed by atoms with van der Waals surface area (Å²) in [5.41, 5.74) is 4.54. The number of benzene rings is 1. The lowest BCUT2D eigenvalue weighted by molar-refractivity contribution is -0.116. The Morgan fingerprint density at radius 1 is 1.12 bits per heavy atom. The van der Waals surface area contributed by atoms with Crippen LogP contribution in [0.25, 0.3) is 0 Å². The molecule has 4 heteroatoms. The lowest BCUT2D eigenvalue weighted by Gasteiger charge is -2.19. The first-order chi connectivity index (χ1) is 7.63. The lowest BCUT2D eigenvalue weighted by Crippen LogP contribution is -2.24. The van der Waals surface area contributed by atoms with Gasteiger partial charge < -0.3 is 5.32 Å². The molecule has 1 amide bonds. The SMILES string of the molecule is Cc1cc2c(cc1C)C1(SC=CS1)C(=O)N2. The first kappa shape index (κ1) is 10.3. The number of fused-ring (bicyclic) bond motifs is 2. The molecule has 82 valence electrons. The van der Waals surface area contributed by atoms with Crippen molar-refractivity contribution in [2.75, 3.05) is 5.32 Å². The van der Waals surface area contributed by atoms with Crippen molar-refractivity contribution in [3.8, 4) is 0 Å². The van der Waals surface area contributed by atoms with E-state index >= 15 is 0 Å². The van der Waals surface area contributed by atoms with Crippen LogP contribution < -0.4 is 5.32 Å². The highest BCUT2D eigenvalue weighted by Gasteiger charge is 2.49. The highest BCUT2D eigenvalue weighted by Crippen LogP contribution is 2.58. The zero-order chi connectivity index (χ0) is 11.3. The van der Waals surface area contributed by atoms with E-state index in [0.717, 1.165) is 11.3 Å². The van der Waals surface area contributed by atoms with Crippen LogP contribution in [0.5, 0.6) is 0 Å². The summed E-state index contributed by atoms with van der Waals surface area (Å²) in [4.78, 5) is 12.1. The zero-order valence-corrected chi connectivity index (χ0v) is 10.7. The predicted octanol–water partition coefficient (Wildman–Crippen LogP) is 3.36. The molecule has 0 saturated heterocycles. The summed E-state index contributed by atoms with van der Waals surface area (Å²) in [6.45, 7) is 4.16. The number of thioether (sulfide) groups is 2. The molecule has 1 aromatic rings. The molecule has 1 N–H and O–H groups in total. The molecule has 0 radical (unpaired) electrons. The molecule has 0 unspecified atom stereocenters. The molecule has 0 saturated carbocycles. The molecule has 3 rings (SSSR count). The number of carbonyl (C=O) groups is 1. The van der Waals surface area contributed by atoms with Gasteiger partial charge in [0.15, 0.2) is 4.08 Å². The van der Waals surface area contributed by atoms with Gasteiger partial charge in [0, 0.05) is 11.3 Å². The maximum atomic E-state index is 12.1. The van der Waals surface area contributed by atoms with Crippen molar-refractivity contribution in [3.63, 3.8) is 0 Å². The summed E-state index contributed by atoms with van der Waals surface area (Å²) in [6.07, 6.45) is 0. The molecule has 1 aromatic carbocycles. The molecule has 2 heterocycles. The fourth-order valence-corrected chi connectivity index (χ4v) is 4.32. The third kappa shape index (κ3) is 1.20. The van der Waals surface area contributed by atoms with Gasteiger partial charge in [-0.1, -0.05) is 6.07 Å². The number of anilines is 1. The Morgan fingerprint density at radius 2 is 1.75 bits per heavy atom. The van der Waals surface area contributed by atoms with Crippen molar-refractivity contribution in [3.05, 3.63) is 39.6 Å². The van der Waals surface area contributed by atoms with E-state index in [1.165, 1.54) is 11.1 Å². The fraction of sp³-hybridized carbons (Fsp3) is 0.250. The van der Waals surface area contributed by atoms with Gasteiger partial charge in [-0.15, -0.1) is 23.5 Å². The Bertz CT molecular complexity index is 514. The minimum absolute atomic E-state index is 0.0903. The van der Waals surface area contributed by atoms with Gasteiger partial charge in [0.05, 0.1) is 0 Å². The number of hydrogen-bond donors (Lipinski definition) is 1. The smallest absolute Gasteiger partial charge is 0.256 e. The van der Waals surface area contributed by atoms with E-state index in [-0.39, 0.29) is 5.91 Å². The van der Waals surface area contributed by atoms with Gasteiger partial charge in [-0.2, -0.15) is 0 Å². The Hall–Kier alpha value is -0.870. The average Bonchev–Trinajstić information content (AvgIpc) is 2.80. The summed E-state index contributed by atoms with van der Waals surface area (Å²) < 4.78 is -0.464. The van der Waals surface area contributed by atoms with Crippen LogP contribution in [0.4, 0.5) is 5.69 Å². The predicted molar refractivity (Wildman–Crippen MR) is 70.5 cm³/mol. The Morgan fingerprint density at radius 3 is 2.44 bits per heavy atom. The molecule has 1 spiro atoms. The van der Waals surface area contributed by atoms with Crippen LogP contribution in [-0.4, -0.2) is 5.91 Å². The quantitative estimate of drug-likeness (QED) is 0.764. The molecule has 0 fully saturated rings. The molecule has 16 heavy (non-hydrogen) atoms. The molecule has 2 aliphatic rings. The van der Waals surface area contributed by atoms with E-state index in [2.05, 4.69) is 31.3 Å². The summed E-state index contributed by atoms with van der Waals surface area (Å²) in [5.74, 6) is 0.0903. The van der Waals surface area contributed by atoms with Gasteiger partial charge in [-0.3, -0.25) is 4.79 Å². The first-order valence-electron chi connectivity index (χ1n) is 5.07. The van der Waals surface area contributed by atoms with Crippen molar-refractivity contribution in [1.82, 2.24) is 0 Å². The standard InChI is InChI=1S/C12H11NOS2/c1-7-5-9-10(6-8(7)2)13-11(14)12(9)15-3-4-16-12/h3-6H,1-2H3,(H,13,14). The van der Waals surface area contributed by atoms with Gasteiger partial charge in [0.1, 0.15) is 0 Å². The van der Waals surface area contributed by atoms with Crippen molar-refractivity contribution < 1.29 is 4.79 Å². The maximum absolute atomic E-state index is 12.1. The number of rotatable bonds is 0. The van der Waals surface area contributed by atoms with Gasteiger partial charge in [-0.05, 0) is 41.9 Å². The molecule has 0 aliphatic carbocycles. The molecule has 0 bridgehead atoms. The summed E-state index contributed by atoms with van der Waals surface area (Å²) in [6, 6.07) is 4.20. The molecular weight excluding hydrogens is 238 g/mol. The molecule has 2 nitrogen and oxygen atoms in total. The van der Waals surface area contributed by atoms with Crippen molar-refractivity contribution in [2.24, 2.45) is 0 Å². The molecule has 2 aliphatic heterocycles. The lowest BCUT2D eigenvalue weighted by atomic mass is 10.0. The maximum Gasteiger partial charge on any atom is 0.256 e. The summed E-state index contributed by atoms with van der Waals surface area (Å²) in [5, 5.41) is 6.97. The van der Waals surface area contributed by atoms with E-state index in [1.807, 2.05) is 10.8 Å². The zero-order valence-electron chi connectivity index (χ0n) is 9.03. The topological polar surface area (TPSA) is 29.1 Å². The minimum Gasteiger partial charge on any atom is -0.323 e. The number of nitrogens with one attached hydrogen (secondary N) is 1. The van der Waals surface area contributed by atoms with E-state index in [4.69, 9.17) is 0 Å². The monoisotopic (exact) mass is 249 g/mol. The second-order valence-electron chi connectivity index (χ2n) is 4.06. The third-order valence-electron chi connectivity index (χ3n) is 3.06. The highest BCUT2D eigenvalue weighted by atomic mass is 32.2. The van der Waals surface area contributed by atoms with Crippen LogP contribution in [0.15, 0.2) is 22.9 Å². The Kier molecular flexibility index (Phi) is 2.13. The van der Waals surface area contributed by atoms with Crippen LogP contribution in [0, 0.1) is 13.8 Å². The van der Waals surface area contributed by atoms with Crippen LogP contribution in [-0.2, 0) is 8.87 Å². The second-order valence-corrected chi connectivity index (χ2v) is 6.56. The first-order valence-corrected chi connectivity index (χ1v) is 6.83. The second kappa shape index (κ2) is 3.31. The Labute approximate surface area is 103 Å². The van der Waals surface area contributed by atoms with E-state index in [1.54, 1.807) is 23.5 Å². The summed E-state index contributed by atoms with van der Waals surface area (Å²) in [7, 11) is 0. The van der Waals surface area contributed by atoms with Crippen LogP contribution in [0.3, 0.4) is 0 Å². The van der Waals surface area contributed by atoms with E-state index in [0.29, 0.717) is 0 Å². The number of amides is 1. The highest BCUT2D eigenvalue weighted by molar-refractivity contribution is 8.24.